The minimum Gasteiger partial charge on any atom is -0.735 e. The standard InChI is InChI=1S/C25H42N2O38S6/c28-9-4(2-56-68(44,45)46)1-5(7(10(9)29)26-66(38,39)40)58-15-13(32)18(65-71(53,54)55)25(63-20(15)22(35)36)61-14-6(3-57-69(47,48)49)59-24(8(11(14)30)27-67(41,42)43)62-16-12(31)17(64-70(50,51)52)23(37)60-19(16)21(33)34/h4-20,23-32,37H,1-3H2,(H,33,34)(H,35,36)(H,38,39,40)(H,41,42,43)(H,44,45,46)(H,47,48,49)(H,50,51,52)(H,53,54,55)/p-8. The van der Waals surface area contributed by atoms with E-state index in [0.717, 1.165) is 4.72 Å². The molecule has 0 amide bonds. The highest BCUT2D eigenvalue weighted by Gasteiger charge is 2.57. The molecule has 3 aliphatic heterocycles. The summed E-state index contributed by atoms with van der Waals surface area (Å²) in [6.45, 7) is -3.27. The van der Waals surface area contributed by atoms with Gasteiger partial charge in [-0.05, 0) is 6.42 Å². The first-order valence-corrected chi connectivity index (χ1v) is 26.6. The molecule has 0 radical (unpaired) electrons. The number of hydrogen-bond acceptors (Lipinski definition) is 38. The highest BCUT2D eigenvalue weighted by atomic mass is 32.3. The Balaban J connectivity index is 1.80. The normalized spacial score (nSPS) is 39.2. The molecule has 4 aliphatic rings. The lowest BCUT2D eigenvalue weighted by atomic mass is 9.80. The van der Waals surface area contributed by atoms with Crippen molar-refractivity contribution in [3.8, 4) is 0 Å². The summed E-state index contributed by atoms with van der Waals surface area (Å²) in [5, 5.41) is 89.4. The molecule has 0 spiro atoms. The molecule has 0 aromatic heterocycles. The monoisotopic (exact) mass is 1160 g/mol. The van der Waals surface area contributed by atoms with Crippen LogP contribution in [0.3, 0.4) is 0 Å². The van der Waals surface area contributed by atoms with Crippen LogP contribution in [0.15, 0.2) is 0 Å². The van der Waals surface area contributed by atoms with Crippen molar-refractivity contribution in [3.05, 3.63) is 0 Å². The van der Waals surface area contributed by atoms with Gasteiger partial charge in [0.1, 0.15) is 61.0 Å². The predicted octanol–water partition coefficient (Wildman–Crippen LogP) is -15.5. The fourth-order valence-corrected chi connectivity index (χ4v) is 10.1. The Hall–Kier alpha value is -2.32. The van der Waals surface area contributed by atoms with Crippen LogP contribution in [-0.2, 0) is 117 Å². The van der Waals surface area contributed by atoms with Gasteiger partial charge in [-0.2, -0.15) is 0 Å². The lowest BCUT2D eigenvalue weighted by Crippen LogP contribution is -2.71. The highest BCUT2D eigenvalue weighted by Crippen LogP contribution is 2.37. The first-order chi connectivity index (χ1) is 32.1. The Morgan fingerprint density at radius 1 is 0.493 bits per heavy atom. The number of aliphatic hydroxyl groups is 6. The molecule has 0 aromatic carbocycles. The summed E-state index contributed by atoms with van der Waals surface area (Å²) < 4.78 is 258. The third kappa shape index (κ3) is 17.4. The third-order valence-electron chi connectivity index (χ3n) is 10.1. The zero-order valence-corrected chi connectivity index (χ0v) is 38.8. The van der Waals surface area contributed by atoms with Crippen molar-refractivity contribution in [2.75, 3.05) is 13.2 Å². The van der Waals surface area contributed by atoms with Crippen LogP contribution < -0.4 is 19.7 Å². The predicted molar refractivity (Wildman–Crippen MR) is 188 cm³/mol. The van der Waals surface area contributed by atoms with Crippen LogP contribution in [0.2, 0.25) is 0 Å². The molecular weight excluding hydrogens is 1130 g/mol. The summed E-state index contributed by atoms with van der Waals surface area (Å²) in [6.07, 6.45) is -50.2. The van der Waals surface area contributed by atoms with Gasteiger partial charge >= 0.3 is 0 Å². The molecule has 0 aromatic rings. The minimum absolute atomic E-state index is 1.05. The molecule has 20 unspecified atom stereocenters. The zero-order valence-electron chi connectivity index (χ0n) is 33.9. The number of carboxylic acids is 2. The molecule has 1 aliphatic carbocycles. The van der Waals surface area contributed by atoms with Gasteiger partial charge in [-0.15, -0.1) is 0 Å². The van der Waals surface area contributed by atoms with Crippen molar-refractivity contribution in [2.24, 2.45) is 5.92 Å². The van der Waals surface area contributed by atoms with Crippen LogP contribution in [0, 0.1) is 5.92 Å². The molecule has 3 heterocycles. The molecule has 4 rings (SSSR count). The number of carboxylic acid groups (broad SMARTS) is 2. The molecule has 3 saturated heterocycles. The molecule has 20 atom stereocenters. The van der Waals surface area contributed by atoms with E-state index >= 15 is 0 Å². The van der Waals surface area contributed by atoms with Gasteiger partial charge in [-0.3, -0.25) is 16.7 Å². The molecule has 46 heteroatoms. The molecule has 0 bridgehead atoms. The van der Waals surface area contributed by atoms with E-state index < -0.39 is 216 Å². The molecule has 1 saturated carbocycles. The maximum absolute atomic E-state index is 12.5. The van der Waals surface area contributed by atoms with E-state index in [4.69, 9.17) is 23.7 Å². The average molecular weight is 1160 g/mol. The summed E-state index contributed by atoms with van der Waals surface area (Å²) in [5.74, 6) is -7.00. The summed E-state index contributed by atoms with van der Waals surface area (Å²) in [7, 11) is -35.7. The summed E-state index contributed by atoms with van der Waals surface area (Å²) in [4.78, 5) is 24.5. The number of aliphatic hydroxyl groups excluding tert-OH is 6. The number of ether oxygens (including phenoxy) is 6. The molecule has 8 N–H and O–H groups in total. The van der Waals surface area contributed by atoms with Crippen molar-refractivity contribution in [3.63, 3.8) is 0 Å². The number of aliphatic carboxylic acids is 2. The van der Waals surface area contributed by atoms with Crippen molar-refractivity contribution in [1.82, 2.24) is 9.44 Å². The largest absolute Gasteiger partial charge is 0.735 e. The minimum atomic E-state index is -6.32. The van der Waals surface area contributed by atoms with Crippen LogP contribution in [0.1, 0.15) is 6.42 Å². The van der Waals surface area contributed by atoms with Crippen LogP contribution in [0.25, 0.3) is 0 Å². The molecular formula is C25H34N2O38S6-8. The van der Waals surface area contributed by atoms with Gasteiger partial charge in [-0.25, -0.2) is 60.0 Å². The Bertz CT molecular complexity index is 2580. The van der Waals surface area contributed by atoms with E-state index in [1.807, 2.05) is 0 Å². The van der Waals surface area contributed by atoms with Gasteiger partial charge in [0.05, 0.1) is 49.5 Å². The second-order valence-electron chi connectivity index (χ2n) is 14.9. The molecule has 416 valence electrons. The van der Waals surface area contributed by atoms with Gasteiger partial charge in [0.2, 0.25) is 41.6 Å². The summed E-state index contributed by atoms with van der Waals surface area (Å²) >= 11 is 0. The first-order valence-electron chi connectivity index (χ1n) is 18.4. The van der Waals surface area contributed by atoms with E-state index in [1.165, 1.54) is 4.72 Å². The van der Waals surface area contributed by atoms with Crippen molar-refractivity contribution in [2.45, 2.75) is 123 Å². The molecule has 4 fully saturated rings. The quantitative estimate of drug-likeness (QED) is 0.0369. The number of carbonyl (C=O) groups excluding carboxylic acids is 2. The second-order valence-corrected chi connectivity index (χ2v) is 21.3. The third-order valence-corrected chi connectivity index (χ3v) is 13.0. The maximum Gasteiger partial charge on any atom is 0.218 e. The topological polar surface area (TPSA) is 661 Å². The first kappa shape index (κ1) is 61.2. The maximum atomic E-state index is 12.5. The van der Waals surface area contributed by atoms with Crippen LogP contribution in [0.5, 0.6) is 0 Å². The number of rotatable bonds is 22. The molecule has 71 heavy (non-hydrogen) atoms. The van der Waals surface area contributed by atoms with Crippen LogP contribution >= 0.6 is 0 Å². The highest BCUT2D eigenvalue weighted by molar-refractivity contribution is 7.84. The van der Waals surface area contributed by atoms with Crippen molar-refractivity contribution >= 4 is 74.1 Å². The number of hydrogen-bond donors (Lipinski definition) is 8. The van der Waals surface area contributed by atoms with Gasteiger partial charge in [0.25, 0.3) is 0 Å². The van der Waals surface area contributed by atoms with E-state index in [-0.39, 0.29) is 0 Å². The van der Waals surface area contributed by atoms with E-state index in [0.29, 0.717) is 0 Å². The Kier molecular flexibility index (Phi) is 19.7. The van der Waals surface area contributed by atoms with Crippen LogP contribution in [0.4, 0.5) is 0 Å². The van der Waals surface area contributed by atoms with E-state index in [1.54, 1.807) is 0 Å². The van der Waals surface area contributed by atoms with Gasteiger partial charge < -0.3 is 106 Å². The van der Waals surface area contributed by atoms with Gasteiger partial charge in [0, 0.05) is 5.92 Å². The lowest BCUT2D eigenvalue weighted by molar-refractivity contribution is -0.378. The number of nitrogens with one attached hydrogen (secondary N) is 2. The fourth-order valence-electron chi connectivity index (χ4n) is 7.32. The molecule has 40 nitrogen and oxygen atoms in total. The fraction of sp³-hybridized carbons (Fsp3) is 0.920. The second kappa shape index (κ2) is 22.9. The number of carbonyl (C=O) groups is 2. The summed E-state index contributed by atoms with van der Waals surface area (Å²) in [6, 6.07) is -5.44. The van der Waals surface area contributed by atoms with Crippen LogP contribution in [-0.4, -0.2) is 250 Å². The Morgan fingerprint density at radius 3 is 1.44 bits per heavy atom. The smallest absolute Gasteiger partial charge is 0.218 e. The lowest BCUT2D eigenvalue weighted by Gasteiger charge is -2.51. The zero-order chi connectivity index (χ0) is 54.3. The average Bonchev–Trinajstić information content (AvgIpc) is 3.17. The Labute approximate surface area is 397 Å². The van der Waals surface area contributed by atoms with Crippen molar-refractivity contribution in [1.29, 1.82) is 0 Å². The Morgan fingerprint density at radius 2 is 0.944 bits per heavy atom. The van der Waals surface area contributed by atoms with E-state index in [9.17, 15) is 128 Å². The van der Waals surface area contributed by atoms with Crippen molar-refractivity contribution < 1.29 is 173 Å². The SMILES string of the molecule is O=C([O-])C1OC(O)C(OS(=O)(=O)[O-])C(O)C1OC1OC(COS(=O)(=O)[O-])C(OC2OC(C(=O)[O-])C(OC3CC(COS(=O)(=O)[O-])C(O)C(O)C3NS(=O)(=O)[O-])C(O)C2OS(=O)(=O)[O-])C(O)C1NS(=O)(=O)[O-]. The van der Waals surface area contributed by atoms with Gasteiger partial charge in [-0.1, -0.05) is 0 Å². The summed E-state index contributed by atoms with van der Waals surface area (Å²) in [5.41, 5.74) is 0. The van der Waals surface area contributed by atoms with E-state index in [2.05, 4.69) is 21.5 Å². The van der Waals surface area contributed by atoms with Gasteiger partial charge in [0.15, 0.2) is 51.7 Å².